The number of aryl methyl sites for hydroxylation is 3. The number of aromatic amines is 1. The van der Waals surface area contributed by atoms with Gasteiger partial charge >= 0.3 is 7.82 Å². The largest absolute Gasteiger partial charge is 0.584 e. The van der Waals surface area contributed by atoms with E-state index < -0.39 is 7.82 Å². The first-order valence-electron chi connectivity index (χ1n) is 12.0. The van der Waals surface area contributed by atoms with Crippen molar-refractivity contribution in [2.24, 2.45) is 4.99 Å². The van der Waals surface area contributed by atoms with Crippen molar-refractivity contribution < 1.29 is 18.5 Å². The molecular weight excluding hydrogens is 483 g/mol. The Balaban J connectivity index is 1.67. The number of hydrogen-bond acceptors (Lipinski definition) is 4. The molecule has 3 aromatic carbocycles. The van der Waals surface area contributed by atoms with E-state index in [0.29, 0.717) is 16.8 Å². The van der Waals surface area contributed by atoms with Gasteiger partial charge in [0.15, 0.2) is 0 Å². The Bertz CT molecular complexity index is 1690. The maximum Gasteiger partial charge on any atom is 0.584 e. The van der Waals surface area contributed by atoms with Gasteiger partial charge in [0.1, 0.15) is 11.5 Å². The van der Waals surface area contributed by atoms with Gasteiger partial charge in [-0.2, -0.15) is 0 Å². The molecule has 37 heavy (non-hydrogen) atoms. The number of H-pyrrole nitrogens is 1. The van der Waals surface area contributed by atoms with E-state index in [9.17, 15) is 9.46 Å². The highest BCUT2D eigenvalue weighted by atomic mass is 31.2. The molecule has 2 aliphatic heterocycles. The lowest BCUT2D eigenvalue weighted by Crippen LogP contribution is -2.05. The van der Waals surface area contributed by atoms with E-state index in [1.54, 1.807) is 24.3 Å². The molecular formula is C30H25N2O4P. The van der Waals surface area contributed by atoms with Crippen LogP contribution in [-0.4, -0.2) is 15.6 Å². The average Bonchev–Trinajstić information content (AvgIpc) is 3.51. The van der Waals surface area contributed by atoms with Gasteiger partial charge in [0.25, 0.3) is 0 Å². The molecule has 0 amide bonds. The maximum atomic E-state index is 13.1. The molecule has 0 radical (unpaired) electrons. The van der Waals surface area contributed by atoms with Crippen molar-refractivity contribution in [1.82, 2.24) is 4.98 Å². The van der Waals surface area contributed by atoms with Crippen molar-refractivity contribution in [2.45, 2.75) is 20.8 Å². The molecule has 4 bridgehead atoms. The molecule has 0 fully saturated rings. The van der Waals surface area contributed by atoms with Crippen LogP contribution in [0.2, 0.25) is 0 Å². The fraction of sp³-hybridized carbons (Fsp3) is 0.100. The lowest BCUT2D eigenvalue weighted by Gasteiger charge is -2.18. The first-order chi connectivity index (χ1) is 17.8. The standard InChI is InChI=1S/C30H25N2O4P/c1-18-16-19(2)29(20(3)17-18)30-25-14-12-23(31-25)21-8-4-6-10-27(21)35-37(33,34)36-28-11-7-5-9-22(28)24-13-15-26(30)32-24/h4-17,31H,1-3H3,(H,33,34). The van der Waals surface area contributed by atoms with Gasteiger partial charge in [-0.05, 0) is 86.0 Å². The van der Waals surface area contributed by atoms with E-state index in [4.69, 9.17) is 14.0 Å². The summed E-state index contributed by atoms with van der Waals surface area (Å²) in [5, 5.41) is 0. The zero-order valence-electron chi connectivity index (χ0n) is 20.6. The molecule has 2 N–H and O–H groups in total. The van der Waals surface area contributed by atoms with Crippen LogP contribution in [0.1, 0.15) is 33.5 Å². The lowest BCUT2D eigenvalue weighted by molar-refractivity contribution is 0.291. The smallest absolute Gasteiger partial charge is 0.394 e. The van der Waals surface area contributed by atoms with Crippen LogP contribution >= 0.6 is 7.82 Å². The molecule has 2 aliphatic rings. The molecule has 3 heterocycles. The predicted molar refractivity (Wildman–Crippen MR) is 146 cm³/mol. The first-order valence-corrected chi connectivity index (χ1v) is 13.5. The summed E-state index contributed by atoms with van der Waals surface area (Å²) in [5.41, 5.74) is 9.91. The van der Waals surface area contributed by atoms with Crippen molar-refractivity contribution in [2.75, 3.05) is 0 Å². The number of aromatic nitrogens is 1. The molecule has 1 aromatic heterocycles. The quantitative estimate of drug-likeness (QED) is 0.264. The van der Waals surface area contributed by atoms with Crippen LogP contribution in [0.3, 0.4) is 0 Å². The molecule has 0 saturated carbocycles. The molecule has 0 saturated heterocycles. The minimum Gasteiger partial charge on any atom is -0.394 e. The van der Waals surface area contributed by atoms with Crippen LogP contribution in [0.5, 0.6) is 11.5 Å². The summed E-state index contributed by atoms with van der Waals surface area (Å²) in [7, 11) is -4.52. The Kier molecular flexibility index (Phi) is 5.52. The van der Waals surface area contributed by atoms with E-state index >= 15 is 0 Å². The number of phosphoric acid groups is 1. The van der Waals surface area contributed by atoms with Crippen LogP contribution in [0.25, 0.3) is 16.8 Å². The molecule has 4 aromatic rings. The number of benzene rings is 3. The molecule has 6 rings (SSSR count). The summed E-state index contributed by atoms with van der Waals surface area (Å²) in [4.78, 5) is 19.2. The van der Waals surface area contributed by atoms with Crippen LogP contribution in [-0.2, 0) is 4.57 Å². The van der Waals surface area contributed by atoms with Crippen molar-refractivity contribution in [3.05, 3.63) is 124 Å². The van der Waals surface area contributed by atoms with Gasteiger partial charge in [0.2, 0.25) is 0 Å². The Labute approximate surface area is 215 Å². The van der Waals surface area contributed by atoms with Gasteiger partial charge in [-0.1, -0.05) is 42.0 Å². The van der Waals surface area contributed by atoms with Gasteiger partial charge < -0.3 is 14.0 Å². The average molecular weight is 509 g/mol. The third kappa shape index (κ3) is 4.25. The number of nitrogens with one attached hydrogen (secondary N) is 1. The minimum absolute atomic E-state index is 0.219. The molecule has 0 aliphatic carbocycles. The second-order valence-corrected chi connectivity index (χ2v) is 10.6. The molecule has 0 spiro atoms. The van der Waals surface area contributed by atoms with Gasteiger partial charge in [0.05, 0.1) is 11.4 Å². The Morgan fingerprint density at radius 3 is 2.08 bits per heavy atom. The number of allylic oxidation sites excluding steroid dienone is 2. The summed E-state index contributed by atoms with van der Waals surface area (Å²) >= 11 is 0. The summed E-state index contributed by atoms with van der Waals surface area (Å²) in [6.45, 7) is 6.33. The van der Waals surface area contributed by atoms with E-state index in [0.717, 1.165) is 39.3 Å². The highest BCUT2D eigenvalue weighted by Gasteiger charge is 2.30. The number of hydrogen-bond donors (Lipinski definition) is 2. The lowest BCUT2D eigenvalue weighted by atomic mass is 9.91. The molecule has 184 valence electrons. The van der Waals surface area contributed by atoms with Gasteiger partial charge in [-0.3, -0.25) is 4.89 Å². The topological polar surface area (TPSA) is 83.9 Å². The van der Waals surface area contributed by atoms with Gasteiger partial charge in [-0.25, -0.2) is 9.56 Å². The normalized spacial score (nSPS) is 18.3. The first kappa shape index (κ1) is 23.3. The Morgan fingerprint density at radius 1 is 0.784 bits per heavy atom. The van der Waals surface area contributed by atoms with Crippen LogP contribution < -0.4 is 9.05 Å². The third-order valence-corrected chi connectivity index (χ3v) is 7.40. The number of para-hydroxylation sites is 2. The highest BCUT2D eigenvalue weighted by Crippen LogP contribution is 2.48. The van der Waals surface area contributed by atoms with Crippen LogP contribution in [0, 0.1) is 20.8 Å². The monoisotopic (exact) mass is 508 g/mol. The molecule has 1 atom stereocenters. The Hall–Kier alpha value is -4.12. The van der Waals surface area contributed by atoms with E-state index in [1.165, 1.54) is 5.56 Å². The van der Waals surface area contributed by atoms with Gasteiger partial charge in [0, 0.05) is 28.1 Å². The fourth-order valence-corrected chi connectivity index (χ4v) is 5.97. The molecule has 1 unspecified atom stereocenters. The third-order valence-electron chi connectivity index (χ3n) is 6.55. The number of aliphatic imine (C=N–C) groups is 1. The van der Waals surface area contributed by atoms with Crippen molar-refractivity contribution in [3.8, 4) is 22.8 Å². The van der Waals surface area contributed by atoms with Crippen LogP contribution in [0.15, 0.2) is 95.6 Å². The van der Waals surface area contributed by atoms with E-state index in [2.05, 4.69) is 37.9 Å². The van der Waals surface area contributed by atoms with E-state index in [1.807, 2.05) is 48.6 Å². The highest BCUT2D eigenvalue weighted by molar-refractivity contribution is 7.48. The van der Waals surface area contributed by atoms with Crippen molar-refractivity contribution in [3.63, 3.8) is 0 Å². The van der Waals surface area contributed by atoms with Gasteiger partial charge in [-0.15, -0.1) is 0 Å². The number of fused-ring (bicyclic) bond motifs is 7. The molecule has 6 nitrogen and oxygen atoms in total. The fourth-order valence-electron chi connectivity index (χ4n) is 5.12. The SMILES string of the molecule is Cc1cc(C)c(C2=C3C=CC(=N3)c3ccccc3OP(=O)(O)Oc3ccccc3-c3ccc2[nH]3)c(C)c1. The zero-order chi connectivity index (χ0) is 25.7. The number of nitrogens with zero attached hydrogens (tertiary/aromatic N) is 1. The number of rotatable bonds is 1. The van der Waals surface area contributed by atoms with Crippen molar-refractivity contribution >= 4 is 19.1 Å². The maximum absolute atomic E-state index is 13.1. The zero-order valence-corrected chi connectivity index (χ0v) is 21.5. The predicted octanol–water partition coefficient (Wildman–Crippen LogP) is 7.30. The molecule has 7 heteroatoms. The Morgan fingerprint density at radius 2 is 1.38 bits per heavy atom. The summed E-state index contributed by atoms with van der Waals surface area (Å²) in [6.07, 6.45) is 3.88. The summed E-state index contributed by atoms with van der Waals surface area (Å²) in [5.74, 6) is 0.461. The number of phosphoric ester groups is 1. The second kappa shape index (κ2) is 8.77. The second-order valence-electron chi connectivity index (χ2n) is 9.29. The minimum atomic E-state index is -4.52. The van der Waals surface area contributed by atoms with E-state index in [-0.39, 0.29) is 11.5 Å². The summed E-state index contributed by atoms with van der Waals surface area (Å²) in [6, 6.07) is 22.5. The van der Waals surface area contributed by atoms with Crippen LogP contribution in [0.4, 0.5) is 0 Å². The summed E-state index contributed by atoms with van der Waals surface area (Å²) < 4.78 is 24.3. The van der Waals surface area contributed by atoms with Crippen molar-refractivity contribution in [1.29, 1.82) is 0 Å².